The van der Waals surface area contributed by atoms with E-state index in [4.69, 9.17) is 0 Å². The van der Waals surface area contributed by atoms with Crippen LogP contribution in [0, 0.1) is 18.7 Å². The van der Waals surface area contributed by atoms with Crippen molar-refractivity contribution in [3.05, 3.63) is 236 Å². The van der Waals surface area contributed by atoms with Crippen LogP contribution < -0.4 is 40.9 Å². The van der Waals surface area contributed by atoms with Gasteiger partial charge in [0.05, 0.1) is 65.1 Å². The zero-order valence-corrected chi connectivity index (χ0v) is 66.6. The van der Waals surface area contributed by atoms with Crippen LogP contribution in [0.4, 0.5) is 27.0 Å². The number of thiazole rings is 1. The Kier molecular flexibility index (Phi) is 23.2. The van der Waals surface area contributed by atoms with Crippen molar-refractivity contribution in [2.45, 2.75) is 94.0 Å². The number of allylic oxidation sites excluding steroid dienone is 2. The van der Waals surface area contributed by atoms with E-state index in [1.807, 2.05) is 142 Å². The van der Waals surface area contributed by atoms with E-state index in [0.717, 1.165) is 94.5 Å². The maximum atomic E-state index is 13.1. The fourth-order valence-corrected chi connectivity index (χ4v) is 16.6. The molecule has 5 atom stereocenters. The van der Waals surface area contributed by atoms with Crippen molar-refractivity contribution < 1.29 is 44.0 Å². The van der Waals surface area contributed by atoms with Gasteiger partial charge in [0.1, 0.15) is 11.5 Å². The number of anilines is 4. The van der Waals surface area contributed by atoms with Gasteiger partial charge in [-0.05, 0) is 117 Å². The maximum absolute atomic E-state index is 13.1. The number of piperidine rings is 1. The number of carbonyl (C=O) groups excluding carboxylic acids is 4. The highest BCUT2D eigenvalue weighted by Crippen LogP contribution is 2.34. The van der Waals surface area contributed by atoms with Gasteiger partial charge in [-0.25, -0.2) is 58.6 Å². The Morgan fingerprint density at radius 1 is 0.546 bits per heavy atom. The molecule has 17 heterocycles. The molecule has 34 nitrogen and oxygen atoms in total. The Bertz CT molecular complexity index is 5770. The van der Waals surface area contributed by atoms with Crippen molar-refractivity contribution in [2.24, 2.45) is 15.9 Å². The predicted octanol–water partition coefficient (Wildman–Crippen LogP) is 6.06. The molecular weight excluding hydrogens is 1540 g/mol. The number of amidine groups is 1. The van der Waals surface area contributed by atoms with E-state index < -0.39 is 16.6 Å². The fraction of sp³-hybridized carbons (Fsp3) is 0.349. The summed E-state index contributed by atoms with van der Waals surface area (Å²) in [6, 6.07) is 21.2. The number of nitrogens with zero attached hydrogens (tertiary/aromatic N) is 22. The minimum atomic E-state index is -0.822. The van der Waals surface area contributed by atoms with E-state index in [1.165, 1.54) is 28.2 Å². The Hall–Kier alpha value is -13.0. The number of carbonyl (C=O) groups is 4. The molecule has 7 aliphatic rings. The number of aliphatic hydroxyl groups excluding tert-OH is 4. The number of hydrogen-bond acceptors (Lipinski definition) is 26. The van der Waals surface area contributed by atoms with Crippen molar-refractivity contribution in [3.63, 3.8) is 0 Å². The van der Waals surface area contributed by atoms with Gasteiger partial charge in [-0.3, -0.25) is 24.2 Å². The summed E-state index contributed by atoms with van der Waals surface area (Å²) in [5.74, 6) is 2.30. The molecule has 5 saturated heterocycles. The average molecular weight is 1630 g/mol. The molecule has 4 amide bonds. The lowest BCUT2D eigenvalue weighted by Gasteiger charge is -2.29. The predicted molar refractivity (Wildman–Crippen MR) is 445 cm³/mol. The second-order valence-corrected chi connectivity index (χ2v) is 31.8. The van der Waals surface area contributed by atoms with Crippen LogP contribution in [0.15, 0.2) is 206 Å². The lowest BCUT2D eigenvalue weighted by Crippen LogP contribution is -2.53. The largest absolute Gasteiger partial charge is 0.394 e. The van der Waals surface area contributed by atoms with Crippen LogP contribution in [-0.2, 0) is 0 Å². The first-order valence-corrected chi connectivity index (χ1v) is 40.4. The van der Waals surface area contributed by atoms with Crippen LogP contribution in [0.3, 0.4) is 0 Å². The number of aromatic nitrogens is 15. The monoisotopic (exact) mass is 1630 g/mol. The first kappa shape index (κ1) is 79.8. The van der Waals surface area contributed by atoms with Gasteiger partial charge in [-0.2, -0.15) is 10.2 Å². The van der Waals surface area contributed by atoms with Crippen molar-refractivity contribution >= 4 is 85.9 Å². The van der Waals surface area contributed by atoms with Crippen LogP contribution in [0.25, 0.3) is 28.2 Å². The highest BCUT2D eigenvalue weighted by atomic mass is 32.1. The standard InChI is InChI=1S/C22H22N6O.C21H20FN7O2.C20H25N7O3S.C20H24N6O2/c1-15-4-2-3-5-19(15)28-13-9-18(26-28)22(29)25-17-8-12-27(14-17)21-20-16(6-10-23-20)7-11-24-21;22-15-1-3-16(4-2-15)29-9-5-17(26-29)20(31)25-21(14-30)6-10-28(13-21)19-18-23-7-11-27(18)12-8-24-19;28-13-20(3-8-27(12-20)17-16-21-4-9-25(16)10-5-22-17)24-18(30)15-11-31-19(23-15)26-6-1-14(29)2-7-26;1-14(2)15-10-22-17(23-11-15)19(28)24-20(13-27)5-8-26(12-20)18-16-4-3-7-25(16)9-6-21-18/h2-7,9-11,13,16-17H,8,12,14H2,1H3,(H,25,29);1-5,7-9,11-12,30H,6,10,13-14H2,(H,25,31);4-5,9-11,14,28-29H,1-3,6-8,12-13H2,(H,24,30);3-4,6-7,9-11,14,27H,5,8,12-13H2,1-2H3,(H,24,28)/t16?,17-;;;/m0.../s1. The average Bonchev–Trinajstić information content (AvgIpc) is 1.64. The van der Waals surface area contributed by atoms with Crippen LogP contribution in [-0.4, -0.2) is 247 Å². The SMILES string of the molecule is CC(C)c1cnc(C(=O)NC2(CO)CCN(c3nccn4cccc34)C2)nc1.Cc1ccccc1-n1ccc(C(=O)N[C@H]2CCN(C3=NC=CC4C=CN=C34)C2)n1.O=C(NC1(CO)CCN(c2nccn3ccnc23)C1)c1ccn(-c2ccc(F)cc2)n1.O=C(NC1(CO)CCN(c2nccn3ccnc23)C1)c1csc(N2CCC(O)CC2)n1. The molecule has 8 N–H and O–H groups in total. The number of para-hydroxylation sites is 1. The number of halogens is 1. The van der Waals surface area contributed by atoms with Crippen LogP contribution in [0.1, 0.15) is 112 Å². The number of benzene rings is 2. The number of aryl methyl sites for hydroxylation is 1. The number of rotatable bonds is 18. The van der Waals surface area contributed by atoms with Crippen LogP contribution in [0.2, 0.25) is 0 Å². The number of hydrogen-bond donors (Lipinski definition) is 8. The minimum Gasteiger partial charge on any atom is -0.394 e. The van der Waals surface area contributed by atoms with E-state index in [-0.39, 0.29) is 78.8 Å². The maximum Gasteiger partial charge on any atom is 0.289 e. The molecule has 12 aromatic rings. The van der Waals surface area contributed by atoms with Crippen molar-refractivity contribution in [2.75, 3.05) is 105 Å². The number of nitrogens with one attached hydrogen (secondary N) is 4. The van der Waals surface area contributed by atoms with Gasteiger partial charge in [0.2, 0.25) is 5.82 Å². The van der Waals surface area contributed by atoms with Crippen molar-refractivity contribution in [1.82, 2.24) is 98.8 Å². The molecule has 10 aromatic heterocycles. The third-order valence-electron chi connectivity index (χ3n) is 22.5. The van der Waals surface area contributed by atoms with Crippen molar-refractivity contribution in [3.8, 4) is 11.4 Å². The first-order chi connectivity index (χ1) is 57.8. The quantitative estimate of drug-likeness (QED) is 0.0484. The normalized spacial score (nSPS) is 20.7. The molecule has 0 radical (unpaired) electrons. The molecule has 7 aliphatic heterocycles. The van der Waals surface area contributed by atoms with E-state index in [1.54, 1.807) is 83.9 Å². The molecule has 19 rings (SSSR count). The first-order valence-electron chi connectivity index (χ1n) is 39.5. The highest BCUT2D eigenvalue weighted by molar-refractivity contribution is 7.14. The number of imidazole rings is 2. The Morgan fingerprint density at radius 3 is 1.70 bits per heavy atom. The van der Waals surface area contributed by atoms with E-state index in [2.05, 4.69) is 102 Å². The molecule has 0 bridgehead atoms. The Labute approximate surface area is 686 Å². The number of amides is 4. The topological polar surface area (TPSA) is 390 Å². The zero-order chi connectivity index (χ0) is 82.4. The van der Waals surface area contributed by atoms with Crippen molar-refractivity contribution in [1.29, 1.82) is 0 Å². The fourth-order valence-electron chi connectivity index (χ4n) is 15.7. The van der Waals surface area contributed by atoms with Gasteiger partial charge in [-0.15, -0.1) is 11.3 Å². The summed E-state index contributed by atoms with van der Waals surface area (Å²) in [7, 11) is 0. The third-order valence-corrected chi connectivity index (χ3v) is 23.4. The summed E-state index contributed by atoms with van der Waals surface area (Å²) < 4.78 is 22.2. The number of aliphatic hydroxyl groups is 4. The van der Waals surface area contributed by atoms with Gasteiger partial charge < -0.3 is 79.4 Å². The summed E-state index contributed by atoms with van der Waals surface area (Å²) in [6.07, 6.45) is 38.2. The van der Waals surface area contributed by atoms with E-state index in [9.17, 15) is 44.0 Å². The Morgan fingerprint density at radius 2 is 1.08 bits per heavy atom. The van der Waals surface area contributed by atoms with Crippen LogP contribution >= 0.6 is 11.3 Å². The lowest BCUT2D eigenvalue weighted by atomic mass is 9.99. The second-order valence-electron chi connectivity index (χ2n) is 30.9. The summed E-state index contributed by atoms with van der Waals surface area (Å²) >= 11 is 1.43. The number of fused-ring (bicyclic) bond motifs is 4. The molecule has 36 heteroatoms. The summed E-state index contributed by atoms with van der Waals surface area (Å²) in [5.41, 5.74) is 5.82. The molecule has 4 unspecified atom stereocenters. The molecule has 0 spiro atoms. The van der Waals surface area contributed by atoms with Gasteiger partial charge >= 0.3 is 0 Å². The molecule has 2 aromatic carbocycles. The lowest BCUT2D eigenvalue weighted by molar-refractivity contribution is 0.0838. The number of likely N-dealkylation sites (tertiary alicyclic amines) is 1. The minimum absolute atomic E-state index is 0.0631. The van der Waals surface area contributed by atoms with Gasteiger partial charge in [0, 0.05) is 188 Å². The summed E-state index contributed by atoms with van der Waals surface area (Å²) in [6.45, 7) is 11.9. The van der Waals surface area contributed by atoms with E-state index >= 15 is 0 Å². The third kappa shape index (κ3) is 17.4. The Balaban J connectivity index is 0.000000118. The highest BCUT2D eigenvalue weighted by Gasteiger charge is 2.44. The van der Waals surface area contributed by atoms with Gasteiger partial charge in [0.25, 0.3) is 23.6 Å². The molecular formula is C83H91FN26O8S. The van der Waals surface area contributed by atoms with Crippen LogP contribution in [0.5, 0.6) is 0 Å². The molecule has 5 fully saturated rings. The number of aliphatic imine (C=N–C) groups is 2. The molecule has 119 heavy (non-hydrogen) atoms. The molecule has 0 saturated carbocycles. The smallest absolute Gasteiger partial charge is 0.289 e. The zero-order valence-electron chi connectivity index (χ0n) is 65.8. The molecule has 614 valence electrons. The molecule has 0 aliphatic carbocycles. The van der Waals surface area contributed by atoms with Gasteiger partial charge in [0.15, 0.2) is 51.1 Å². The second kappa shape index (κ2) is 34.6. The summed E-state index contributed by atoms with van der Waals surface area (Å²) in [4.78, 5) is 106. The van der Waals surface area contributed by atoms with E-state index in [0.29, 0.717) is 100 Å². The van der Waals surface area contributed by atoms with Gasteiger partial charge in [-0.1, -0.05) is 44.2 Å². The summed E-state index contributed by atoms with van der Waals surface area (Å²) in [5, 5.41) is 63.4.